The molecule has 1 aliphatic heterocycles. The molecule has 0 fully saturated rings. The third kappa shape index (κ3) is 5.50. The van der Waals surface area contributed by atoms with Crippen molar-refractivity contribution in [2.75, 3.05) is 11.4 Å². The average Bonchev–Trinajstić information content (AvgIpc) is 3.15. The summed E-state index contributed by atoms with van der Waals surface area (Å²) in [6, 6.07) is 4.56. The number of fused-ring (bicyclic) bond motifs is 3. The molecule has 1 aromatic carbocycles. The first-order valence-electron chi connectivity index (χ1n) is 11.1. The summed E-state index contributed by atoms with van der Waals surface area (Å²) in [6.07, 6.45) is -7.88. The molecule has 0 unspecified atom stereocenters. The molecule has 14 heteroatoms. The van der Waals surface area contributed by atoms with Gasteiger partial charge in [0.2, 0.25) is 23.5 Å². The third-order valence-corrected chi connectivity index (χ3v) is 6.24. The Bertz CT molecular complexity index is 1240. The summed E-state index contributed by atoms with van der Waals surface area (Å²) in [5, 5.41) is 1.33. The number of benzene rings is 1. The number of hydrogen-bond acceptors (Lipinski definition) is 5. The van der Waals surface area contributed by atoms with E-state index in [0.717, 1.165) is 16.5 Å². The first-order chi connectivity index (χ1) is 16.8. The zero-order chi connectivity index (χ0) is 26.3. The molecule has 1 amide bonds. The van der Waals surface area contributed by atoms with E-state index >= 15 is 0 Å². The number of aromatic nitrogens is 4. The van der Waals surface area contributed by atoms with Gasteiger partial charge in [-0.2, -0.15) is 36.3 Å². The van der Waals surface area contributed by atoms with Gasteiger partial charge in [0, 0.05) is 34.6 Å². The molecule has 36 heavy (non-hydrogen) atoms. The minimum Gasteiger partial charge on any atom is -0.370 e. The van der Waals surface area contributed by atoms with E-state index in [1.165, 1.54) is 4.90 Å². The van der Waals surface area contributed by atoms with Crippen molar-refractivity contribution in [2.24, 2.45) is 5.73 Å². The summed E-state index contributed by atoms with van der Waals surface area (Å²) in [7, 11) is 0. The summed E-state index contributed by atoms with van der Waals surface area (Å²) in [6.45, 7) is 0.0804. The number of H-pyrrole nitrogens is 1. The Kier molecular flexibility index (Phi) is 7.04. The maximum atomic E-state index is 13.4. The van der Waals surface area contributed by atoms with Crippen LogP contribution in [-0.2, 0) is 23.6 Å². The number of anilines is 1. The highest BCUT2D eigenvalue weighted by atomic mass is 35.5. The number of nitrogens with two attached hydrogens (primary N) is 1. The maximum Gasteiger partial charge on any atom is 0.451 e. The molecule has 0 bridgehead atoms. The van der Waals surface area contributed by atoms with Crippen molar-refractivity contribution in [1.29, 1.82) is 0 Å². The summed E-state index contributed by atoms with van der Waals surface area (Å²) >= 11 is 6.14. The molecule has 3 aromatic rings. The lowest BCUT2D eigenvalue weighted by Gasteiger charge is -2.36. The summed E-state index contributed by atoms with van der Waals surface area (Å²) in [5.74, 6) is -4.97. The van der Waals surface area contributed by atoms with Gasteiger partial charge in [0.15, 0.2) is 0 Å². The van der Waals surface area contributed by atoms with Crippen LogP contribution in [-0.4, -0.2) is 32.4 Å². The normalized spacial score (nSPS) is 16.4. The van der Waals surface area contributed by atoms with Crippen LogP contribution in [0, 0.1) is 0 Å². The van der Waals surface area contributed by atoms with E-state index in [2.05, 4.69) is 19.9 Å². The van der Waals surface area contributed by atoms with Gasteiger partial charge in [-0.25, -0.2) is 4.98 Å². The van der Waals surface area contributed by atoms with Crippen LogP contribution >= 0.6 is 11.6 Å². The second-order valence-electron chi connectivity index (χ2n) is 8.51. The zero-order valence-corrected chi connectivity index (χ0v) is 19.4. The largest absolute Gasteiger partial charge is 0.451 e. The number of nitrogens with zero attached hydrogens (tertiary/aromatic N) is 4. The van der Waals surface area contributed by atoms with Crippen molar-refractivity contribution in [3.05, 3.63) is 46.1 Å². The van der Waals surface area contributed by atoms with Crippen LogP contribution in [0.1, 0.15) is 61.1 Å². The van der Waals surface area contributed by atoms with Gasteiger partial charge in [-0.05, 0) is 43.0 Å². The zero-order valence-electron chi connectivity index (χ0n) is 18.7. The van der Waals surface area contributed by atoms with Crippen LogP contribution in [0.4, 0.5) is 32.3 Å². The molecular weight excluding hydrogens is 514 g/mol. The minimum atomic E-state index is -5.19. The molecule has 3 heterocycles. The highest BCUT2D eigenvalue weighted by molar-refractivity contribution is 6.31. The standard InChI is InChI=1S/C22H21ClF6N6O/c23-11-6-7-14-13(10-11)12-8-9-35(15(17(12)31-14)4-2-1-3-5-16(30)36)20-33-18(21(24,25)26)32-19(34-20)22(27,28)29/h6-7,10,15,31H,1-5,8-9H2,(H2,30,36)/t15-/m0/s1. The highest BCUT2D eigenvalue weighted by Gasteiger charge is 2.43. The van der Waals surface area contributed by atoms with Crippen molar-refractivity contribution in [3.8, 4) is 0 Å². The van der Waals surface area contributed by atoms with Crippen LogP contribution < -0.4 is 10.6 Å². The average molecular weight is 535 g/mol. The SMILES string of the molecule is NC(=O)CCCCC[C@H]1c2[nH]c3ccc(Cl)cc3c2CCN1c1nc(C(F)(F)F)nc(C(F)(F)F)n1. The fourth-order valence-electron chi connectivity index (χ4n) is 4.44. The number of hydrogen-bond donors (Lipinski definition) is 2. The fourth-order valence-corrected chi connectivity index (χ4v) is 4.61. The first-order valence-corrected chi connectivity index (χ1v) is 11.5. The van der Waals surface area contributed by atoms with Crippen LogP contribution in [0.3, 0.4) is 0 Å². The van der Waals surface area contributed by atoms with Gasteiger partial charge < -0.3 is 15.6 Å². The van der Waals surface area contributed by atoms with Crippen molar-refractivity contribution >= 4 is 34.4 Å². The molecule has 0 saturated heterocycles. The molecule has 1 aliphatic rings. The summed E-state index contributed by atoms with van der Waals surface area (Å²) in [5.41, 5.74) is 7.44. The molecule has 194 valence electrons. The number of nitrogens with one attached hydrogen (secondary N) is 1. The van der Waals surface area contributed by atoms with Crippen molar-refractivity contribution in [2.45, 2.75) is 56.9 Å². The molecule has 3 N–H and O–H groups in total. The lowest BCUT2D eigenvalue weighted by atomic mass is 9.93. The van der Waals surface area contributed by atoms with Crippen LogP contribution in [0.25, 0.3) is 10.9 Å². The van der Waals surface area contributed by atoms with E-state index in [4.69, 9.17) is 17.3 Å². The second-order valence-corrected chi connectivity index (χ2v) is 8.95. The third-order valence-electron chi connectivity index (χ3n) is 6.00. The molecule has 0 spiro atoms. The molecule has 4 rings (SSSR count). The number of unbranched alkanes of at least 4 members (excludes halogenated alkanes) is 2. The van der Waals surface area contributed by atoms with E-state index in [-0.39, 0.29) is 13.0 Å². The number of halogens is 7. The highest BCUT2D eigenvalue weighted by Crippen LogP contribution is 2.41. The van der Waals surface area contributed by atoms with Gasteiger partial charge in [0.25, 0.3) is 0 Å². The lowest BCUT2D eigenvalue weighted by molar-refractivity contribution is -0.155. The van der Waals surface area contributed by atoms with Crippen molar-refractivity contribution in [1.82, 2.24) is 19.9 Å². The fraction of sp³-hybridized carbons (Fsp3) is 0.455. The summed E-state index contributed by atoms with van der Waals surface area (Å²) < 4.78 is 80.2. The number of carbonyl (C=O) groups excluding carboxylic acids is 1. The van der Waals surface area contributed by atoms with Crippen molar-refractivity contribution in [3.63, 3.8) is 0 Å². The van der Waals surface area contributed by atoms with E-state index < -0.39 is 41.9 Å². The molecule has 1 atom stereocenters. The number of alkyl halides is 6. The van der Waals surface area contributed by atoms with E-state index in [0.29, 0.717) is 42.8 Å². The number of rotatable bonds is 7. The monoisotopic (exact) mass is 534 g/mol. The van der Waals surface area contributed by atoms with Crippen LogP contribution in [0.15, 0.2) is 18.2 Å². The lowest BCUT2D eigenvalue weighted by Crippen LogP contribution is -2.38. The Labute approximate surface area is 206 Å². The topological polar surface area (TPSA) is 101 Å². The van der Waals surface area contributed by atoms with Crippen LogP contribution in [0.2, 0.25) is 5.02 Å². The Morgan fingerprint density at radius 2 is 1.72 bits per heavy atom. The quantitative estimate of drug-likeness (QED) is 0.304. The Balaban J connectivity index is 1.76. The number of carbonyl (C=O) groups is 1. The predicted molar refractivity (Wildman–Crippen MR) is 119 cm³/mol. The van der Waals surface area contributed by atoms with Gasteiger partial charge in [-0.15, -0.1) is 0 Å². The first kappa shape index (κ1) is 26.0. The molecule has 0 saturated carbocycles. The number of aromatic amines is 1. The summed E-state index contributed by atoms with van der Waals surface area (Å²) in [4.78, 5) is 25.0. The molecular formula is C22H21ClF6N6O. The maximum absolute atomic E-state index is 13.4. The van der Waals surface area contributed by atoms with Gasteiger partial charge in [-0.1, -0.05) is 24.4 Å². The Morgan fingerprint density at radius 3 is 2.33 bits per heavy atom. The van der Waals surface area contributed by atoms with E-state index in [1.807, 2.05) is 0 Å². The van der Waals surface area contributed by atoms with Crippen LogP contribution in [0.5, 0.6) is 0 Å². The molecule has 0 radical (unpaired) electrons. The van der Waals surface area contributed by atoms with E-state index in [9.17, 15) is 31.1 Å². The van der Waals surface area contributed by atoms with Gasteiger partial charge in [0.1, 0.15) is 0 Å². The number of primary amides is 1. The smallest absolute Gasteiger partial charge is 0.370 e. The number of amides is 1. The Hall–Kier alpha value is -3.09. The molecule has 0 aliphatic carbocycles. The molecule has 7 nitrogen and oxygen atoms in total. The van der Waals surface area contributed by atoms with E-state index in [1.54, 1.807) is 18.2 Å². The molecule has 2 aromatic heterocycles. The van der Waals surface area contributed by atoms with Gasteiger partial charge in [-0.3, -0.25) is 4.79 Å². The van der Waals surface area contributed by atoms with Crippen molar-refractivity contribution < 1.29 is 31.1 Å². The predicted octanol–water partition coefficient (Wildman–Crippen LogP) is 5.58. The van der Waals surface area contributed by atoms with Gasteiger partial charge >= 0.3 is 12.4 Å². The Morgan fingerprint density at radius 1 is 1.06 bits per heavy atom. The van der Waals surface area contributed by atoms with Gasteiger partial charge in [0.05, 0.1) is 6.04 Å². The second kappa shape index (κ2) is 9.75. The minimum absolute atomic E-state index is 0.0804.